The second-order valence-corrected chi connectivity index (χ2v) is 6.64. The number of piperidine rings is 1. The van der Waals surface area contributed by atoms with Crippen molar-refractivity contribution in [3.63, 3.8) is 0 Å². The molecule has 1 aromatic carbocycles. The molecule has 0 aromatic heterocycles. The summed E-state index contributed by atoms with van der Waals surface area (Å²) in [6.45, 7) is 5.49. The topological polar surface area (TPSA) is 46.3 Å². The van der Waals surface area contributed by atoms with Gasteiger partial charge in [0.2, 0.25) is 0 Å². The Hall–Kier alpha value is -0.480. The van der Waals surface area contributed by atoms with E-state index in [-0.39, 0.29) is 29.8 Å². The summed E-state index contributed by atoms with van der Waals surface area (Å²) in [5.41, 5.74) is 6.54. The number of rotatable bonds is 1. The standard InChI is InChI=1S/C14H18Cl2N2O.ClH/c1-14(2)8-18(4-3-12(14)17)13(19)9-5-10(15)7-11(16)6-9;/h5-7,12H,3-4,8,17H2,1-2H3;1H. The number of hydrogen-bond donors (Lipinski definition) is 1. The van der Waals surface area contributed by atoms with E-state index in [0.717, 1.165) is 6.42 Å². The second-order valence-electron chi connectivity index (χ2n) is 5.77. The highest BCUT2D eigenvalue weighted by Crippen LogP contribution is 2.29. The molecular formula is C14H19Cl3N2O. The smallest absolute Gasteiger partial charge is 0.253 e. The van der Waals surface area contributed by atoms with Crippen molar-refractivity contribution in [2.75, 3.05) is 13.1 Å². The van der Waals surface area contributed by atoms with Crippen LogP contribution >= 0.6 is 35.6 Å². The molecule has 0 bridgehead atoms. The van der Waals surface area contributed by atoms with E-state index in [4.69, 9.17) is 28.9 Å². The summed E-state index contributed by atoms with van der Waals surface area (Å²) in [4.78, 5) is 14.3. The van der Waals surface area contributed by atoms with E-state index in [2.05, 4.69) is 13.8 Å². The van der Waals surface area contributed by atoms with Gasteiger partial charge in [-0.1, -0.05) is 37.0 Å². The molecule has 0 aliphatic carbocycles. The number of likely N-dealkylation sites (tertiary alicyclic amines) is 1. The summed E-state index contributed by atoms with van der Waals surface area (Å²) in [6, 6.07) is 5.05. The largest absolute Gasteiger partial charge is 0.338 e. The zero-order valence-electron chi connectivity index (χ0n) is 11.5. The fourth-order valence-electron chi connectivity index (χ4n) is 2.41. The lowest BCUT2D eigenvalue weighted by atomic mass is 9.79. The molecule has 112 valence electrons. The van der Waals surface area contributed by atoms with Gasteiger partial charge < -0.3 is 10.6 Å². The first-order valence-corrected chi connectivity index (χ1v) is 7.06. The van der Waals surface area contributed by atoms with E-state index in [0.29, 0.717) is 28.7 Å². The Morgan fingerprint density at radius 3 is 2.35 bits per heavy atom. The molecule has 1 saturated heterocycles. The van der Waals surface area contributed by atoms with Crippen molar-refractivity contribution >= 4 is 41.5 Å². The predicted octanol–water partition coefficient (Wildman–Crippen LogP) is 3.61. The number of hydrogen-bond acceptors (Lipinski definition) is 2. The van der Waals surface area contributed by atoms with E-state index in [1.54, 1.807) is 18.2 Å². The third-order valence-corrected chi connectivity index (χ3v) is 4.15. The summed E-state index contributed by atoms with van der Waals surface area (Å²) >= 11 is 11.9. The van der Waals surface area contributed by atoms with Crippen LogP contribution in [-0.2, 0) is 0 Å². The van der Waals surface area contributed by atoms with Gasteiger partial charge in [-0.3, -0.25) is 4.79 Å². The van der Waals surface area contributed by atoms with Crippen molar-refractivity contribution in [3.05, 3.63) is 33.8 Å². The van der Waals surface area contributed by atoms with Gasteiger partial charge in [0.05, 0.1) is 0 Å². The Morgan fingerprint density at radius 2 is 1.85 bits per heavy atom. The molecule has 0 spiro atoms. The molecule has 1 fully saturated rings. The van der Waals surface area contributed by atoms with E-state index in [1.807, 2.05) is 4.90 Å². The minimum Gasteiger partial charge on any atom is -0.338 e. The van der Waals surface area contributed by atoms with Crippen LogP contribution in [0.25, 0.3) is 0 Å². The molecule has 1 aliphatic rings. The SMILES string of the molecule is CC1(C)CN(C(=O)c2cc(Cl)cc(Cl)c2)CCC1N.Cl. The van der Waals surface area contributed by atoms with Gasteiger partial charge >= 0.3 is 0 Å². The van der Waals surface area contributed by atoms with Crippen molar-refractivity contribution in [2.24, 2.45) is 11.1 Å². The molecule has 1 aliphatic heterocycles. The molecule has 1 amide bonds. The van der Waals surface area contributed by atoms with E-state index in [1.165, 1.54) is 0 Å². The number of carbonyl (C=O) groups excluding carboxylic acids is 1. The third kappa shape index (κ3) is 3.79. The number of nitrogens with zero attached hydrogens (tertiary/aromatic N) is 1. The Bertz CT molecular complexity index is 485. The fourth-order valence-corrected chi connectivity index (χ4v) is 2.93. The van der Waals surface area contributed by atoms with Gasteiger partial charge in [0.1, 0.15) is 0 Å². The van der Waals surface area contributed by atoms with Gasteiger partial charge in [0, 0.05) is 34.7 Å². The number of nitrogens with two attached hydrogens (primary N) is 1. The van der Waals surface area contributed by atoms with Crippen molar-refractivity contribution in [2.45, 2.75) is 26.3 Å². The van der Waals surface area contributed by atoms with Gasteiger partial charge in [0.25, 0.3) is 5.91 Å². The molecule has 6 heteroatoms. The summed E-state index contributed by atoms with van der Waals surface area (Å²) in [5.74, 6) is -0.0376. The molecule has 1 atom stereocenters. The maximum absolute atomic E-state index is 12.5. The lowest BCUT2D eigenvalue weighted by Crippen LogP contribution is -2.54. The van der Waals surface area contributed by atoms with E-state index < -0.39 is 0 Å². The van der Waals surface area contributed by atoms with Crippen molar-refractivity contribution in [3.8, 4) is 0 Å². The first kappa shape index (κ1) is 17.6. The minimum atomic E-state index is -0.0731. The van der Waals surface area contributed by atoms with Crippen LogP contribution in [-0.4, -0.2) is 29.9 Å². The number of amides is 1. The molecular weight excluding hydrogens is 319 g/mol. The zero-order chi connectivity index (χ0) is 14.2. The van der Waals surface area contributed by atoms with E-state index in [9.17, 15) is 4.79 Å². The summed E-state index contributed by atoms with van der Waals surface area (Å²) in [5, 5.41) is 0.952. The Kier molecular flexibility index (Phi) is 5.73. The minimum absolute atomic E-state index is 0. The average Bonchev–Trinajstić information content (AvgIpc) is 2.30. The zero-order valence-corrected chi connectivity index (χ0v) is 13.9. The highest BCUT2D eigenvalue weighted by Gasteiger charge is 2.35. The quantitative estimate of drug-likeness (QED) is 0.851. The normalized spacial score (nSPS) is 21.2. The number of carbonyl (C=O) groups is 1. The molecule has 1 heterocycles. The van der Waals surface area contributed by atoms with Crippen molar-refractivity contribution in [1.82, 2.24) is 4.90 Å². The van der Waals surface area contributed by atoms with Gasteiger partial charge in [-0.25, -0.2) is 0 Å². The van der Waals surface area contributed by atoms with Crippen LogP contribution in [0, 0.1) is 5.41 Å². The maximum Gasteiger partial charge on any atom is 0.253 e. The monoisotopic (exact) mass is 336 g/mol. The third-order valence-electron chi connectivity index (χ3n) is 3.71. The summed E-state index contributed by atoms with van der Waals surface area (Å²) in [6.07, 6.45) is 0.813. The van der Waals surface area contributed by atoms with Crippen LogP contribution in [0.1, 0.15) is 30.6 Å². The van der Waals surface area contributed by atoms with Gasteiger partial charge in [0.15, 0.2) is 0 Å². The van der Waals surface area contributed by atoms with Crippen LogP contribution in [0.15, 0.2) is 18.2 Å². The van der Waals surface area contributed by atoms with E-state index >= 15 is 0 Å². The Morgan fingerprint density at radius 1 is 1.30 bits per heavy atom. The first-order valence-electron chi connectivity index (χ1n) is 6.30. The Labute approximate surface area is 135 Å². The molecule has 2 rings (SSSR count). The molecule has 0 saturated carbocycles. The molecule has 20 heavy (non-hydrogen) atoms. The molecule has 3 nitrogen and oxygen atoms in total. The highest BCUT2D eigenvalue weighted by atomic mass is 35.5. The molecule has 0 radical (unpaired) electrons. The van der Waals surface area contributed by atoms with Gasteiger partial charge in [-0.2, -0.15) is 0 Å². The van der Waals surface area contributed by atoms with Crippen LogP contribution in [0.3, 0.4) is 0 Å². The summed E-state index contributed by atoms with van der Waals surface area (Å²) < 4.78 is 0. The number of halogens is 3. The summed E-state index contributed by atoms with van der Waals surface area (Å²) in [7, 11) is 0. The maximum atomic E-state index is 12.5. The van der Waals surface area contributed by atoms with Gasteiger partial charge in [-0.15, -0.1) is 12.4 Å². The lowest BCUT2D eigenvalue weighted by molar-refractivity contribution is 0.0533. The van der Waals surface area contributed by atoms with Gasteiger partial charge in [-0.05, 0) is 30.0 Å². The van der Waals surface area contributed by atoms with Crippen LogP contribution < -0.4 is 5.73 Å². The highest BCUT2D eigenvalue weighted by molar-refractivity contribution is 6.35. The predicted molar refractivity (Wildman–Crippen MR) is 86.0 cm³/mol. The molecule has 1 aromatic rings. The molecule has 1 unspecified atom stereocenters. The second kappa shape index (κ2) is 6.52. The fraction of sp³-hybridized carbons (Fsp3) is 0.500. The lowest BCUT2D eigenvalue weighted by Gasteiger charge is -2.42. The van der Waals surface area contributed by atoms with Crippen LogP contribution in [0.5, 0.6) is 0 Å². The van der Waals surface area contributed by atoms with Crippen LogP contribution in [0.4, 0.5) is 0 Å². The first-order chi connectivity index (χ1) is 8.79. The van der Waals surface area contributed by atoms with Crippen molar-refractivity contribution < 1.29 is 4.79 Å². The van der Waals surface area contributed by atoms with Crippen LogP contribution in [0.2, 0.25) is 10.0 Å². The van der Waals surface area contributed by atoms with Crippen molar-refractivity contribution in [1.29, 1.82) is 0 Å². The Balaban J connectivity index is 0.00000200. The molecule has 2 N–H and O–H groups in total. The average molecular weight is 338 g/mol. The number of benzene rings is 1.